The van der Waals surface area contributed by atoms with E-state index in [1.807, 2.05) is 47.8 Å². The molecule has 5 nitrogen and oxygen atoms in total. The smallest absolute Gasteiger partial charge is 0.231 e. The third-order valence-corrected chi connectivity index (χ3v) is 4.81. The van der Waals surface area contributed by atoms with Gasteiger partial charge in [-0.2, -0.15) is 5.10 Å². The molecule has 2 aromatic heterocycles. The fraction of sp³-hybridized carbons (Fsp3) is 0.133. The van der Waals surface area contributed by atoms with Crippen molar-refractivity contribution in [3.63, 3.8) is 0 Å². The summed E-state index contributed by atoms with van der Waals surface area (Å²) >= 11 is 2.97. The number of thioether (sulfide) groups is 1. The lowest BCUT2D eigenvalue weighted by molar-refractivity contribution is -0.119. The van der Waals surface area contributed by atoms with E-state index in [1.54, 1.807) is 11.3 Å². The maximum Gasteiger partial charge on any atom is 0.231 e. The highest BCUT2D eigenvalue weighted by atomic mass is 32.2. The number of benzene rings is 1. The first-order chi connectivity index (χ1) is 10.8. The molecule has 2 N–H and O–H groups in total. The lowest BCUT2D eigenvalue weighted by atomic mass is 10.1. The Hall–Kier alpha value is -2.12. The molecular formula is C15H14N4OS2. The Bertz CT molecular complexity index is 698. The van der Waals surface area contributed by atoms with Crippen molar-refractivity contribution >= 4 is 29.0 Å². The van der Waals surface area contributed by atoms with Gasteiger partial charge in [-0.15, -0.1) is 11.3 Å². The van der Waals surface area contributed by atoms with Crippen molar-refractivity contribution in [3.05, 3.63) is 64.6 Å². The van der Waals surface area contributed by atoms with E-state index in [1.165, 1.54) is 18.1 Å². The van der Waals surface area contributed by atoms with Gasteiger partial charge in [0.15, 0.2) is 5.16 Å². The van der Waals surface area contributed by atoms with Gasteiger partial charge in [-0.25, -0.2) is 4.98 Å². The summed E-state index contributed by atoms with van der Waals surface area (Å²) in [6.45, 7) is 0. The van der Waals surface area contributed by atoms with E-state index < -0.39 is 0 Å². The molecule has 0 fully saturated rings. The number of aromatic amines is 1. The molecule has 7 heteroatoms. The molecule has 1 aromatic carbocycles. The molecule has 0 radical (unpaired) electrons. The number of carbonyl (C=O) groups excluding carboxylic acids is 1. The van der Waals surface area contributed by atoms with Gasteiger partial charge in [0.1, 0.15) is 6.33 Å². The summed E-state index contributed by atoms with van der Waals surface area (Å²) in [5.74, 6) is 0.257. The van der Waals surface area contributed by atoms with Crippen LogP contribution in [0.5, 0.6) is 0 Å². The molecule has 0 saturated heterocycles. The molecule has 1 atom stereocenters. The number of aromatic nitrogens is 3. The third-order valence-electron chi connectivity index (χ3n) is 3.00. The van der Waals surface area contributed by atoms with E-state index in [9.17, 15) is 4.79 Å². The van der Waals surface area contributed by atoms with Crippen molar-refractivity contribution in [1.29, 1.82) is 0 Å². The van der Waals surface area contributed by atoms with Crippen LogP contribution >= 0.6 is 23.1 Å². The number of carbonyl (C=O) groups is 1. The van der Waals surface area contributed by atoms with Gasteiger partial charge in [-0.3, -0.25) is 9.89 Å². The van der Waals surface area contributed by atoms with Gasteiger partial charge in [0.2, 0.25) is 5.91 Å². The number of hydrogen-bond donors (Lipinski definition) is 2. The van der Waals surface area contributed by atoms with E-state index in [-0.39, 0.29) is 11.9 Å². The predicted octanol–water partition coefficient (Wildman–Crippen LogP) is 2.86. The zero-order chi connectivity index (χ0) is 15.2. The summed E-state index contributed by atoms with van der Waals surface area (Å²) < 4.78 is 0. The summed E-state index contributed by atoms with van der Waals surface area (Å²) in [4.78, 5) is 17.3. The van der Waals surface area contributed by atoms with Crippen LogP contribution in [0.25, 0.3) is 0 Å². The lowest BCUT2D eigenvalue weighted by Gasteiger charge is -2.17. The fourth-order valence-corrected chi connectivity index (χ4v) is 3.41. The van der Waals surface area contributed by atoms with E-state index in [0.717, 1.165) is 10.4 Å². The molecule has 0 aliphatic heterocycles. The number of nitrogens with zero attached hydrogens (tertiary/aromatic N) is 2. The molecule has 0 aliphatic rings. The van der Waals surface area contributed by atoms with Crippen LogP contribution in [0, 0.1) is 0 Å². The minimum Gasteiger partial charge on any atom is -0.344 e. The Labute approximate surface area is 136 Å². The Morgan fingerprint density at radius 3 is 2.82 bits per heavy atom. The standard InChI is InChI=1S/C15H14N4OS2/c20-13(9-22-15-16-10-17-19-15)18-14(12-7-4-8-21-12)11-5-2-1-3-6-11/h1-8,10,14H,9H2,(H,18,20)(H,16,17,19)/t14-/m0/s1. The average Bonchev–Trinajstić information content (AvgIpc) is 3.25. The largest absolute Gasteiger partial charge is 0.344 e. The fourth-order valence-electron chi connectivity index (χ4n) is 2.02. The summed E-state index contributed by atoms with van der Waals surface area (Å²) in [6.07, 6.45) is 1.43. The molecule has 0 unspecified atom stereocenters. The second-order valence-electron chi connectivity index (χ2n) is 4.51. The summed E-state index contributed by atoms with van der Waals surface area (Å²) in [6, 6.07) is 13.9. The maximum absolute atomic E-state index is 12.2. The third kappa shape index (κ3) is 3.75. The zero-order valence-electron chi connectivity index (χ0n) is 11.6. The Morgan fingerprint density at radius 2 is 2.14 bits per heavy atom. The van der Waals surface area contributed by atoms with Crippen LogP contribution in [0.15, 0.2) is 59.3 Å². The molecule has 0 aliphatic carbocycles. The summed E-state index contributed by atoms with van der Waals surface area (Å²) in [5.41, 5.74) is 1.07. The van der Waals surface area contributed by atoms with Crippen molar-refractivity contribution in [3.8, 4) is 0 Å². The van der Waals surface area contributed by atoms with Crippen LogP contribution in [0.2, 0.25) is 0 Å². The first-order valence-electron chi connectivity index (χ1n) is 6.69. The van der Waals surface area contributed by atoms with Gasteiger partial charge < -0.3 is 5.32 Å². The second kappa shape index (κ2) is 7.24. The van der Waals surface area contributed by atoms with Crippen LogP contribution in [-0.4, -0.2) is 26.8 Å². The quantitative estimate of drug-likeness (QED) is 0.682. The minimum atomic E-state index is -0.121. The maximum atomic E-state index is 12.2. The van der Waals surface area contributed by atoms with Crippen LogP contribution < -0.4 is 5.32 Å². The topological polar surface area (TPSA) is 70.7 Å². The number of thiophene rings is 1. The first-order valence-corrected chi connectivity index (χ1v) is 8.55. The molecule has 3 aromatic rings. The Morgan fingerprint density at radius 1 is 1.27 bits per heavy atom. The molecule has 2 heterocycles. The predicted molar refractivity (Wildman–Crippen MR) is 87.9 cm³/mol. The molecule has 0 saturated carbocycles. The first kappa shape index (κ1) is 14.8. The van der Waals surface area contributed by atoms with Crippen molar-refractivity contribution in [2.75, 3.05) is 5.75 Å². The SMILES string of the molecule is O=C(CSc1ncn[nH]1)N[C@@H](c1ccccc1)c1cccs1. The average molecular weight is 330 g/mol. The zero-order valence-corrected chi connectivity index (χ0v) is 13.2. The normalized spacial score (nSPS) is 12.0. The highest BCUT2D eigenvalue weighted by Gasteiger charge is 2.17. The highest BCUT2D eigenvalue weighted by Crippen LogP contribution is 2.26. The number of rotatable bonds is 6. The molecular weight excluding hydrogens is 316 g/mol. The lowest BCUT2D eigenvalue weighted by Crippen LogP contribution is -2.30. The molecule has 0 bridgehead atoms. The van der Waals surface area contributed by atoms with Crippen molar-refractivity contribution < 1.29 is 4.79 Å². The highest BCUT2D eigenvalue weighted by molar-refractivity contribution is 7.99. The van der Waals surface area contributed by atoms with Gasteiger partial charge in [-0.1, -0.05) is 48.2 Å². The molecule has 112 valence electrons. The van der Waals surface area contributed by atoms with Crippen molar-refractivity contribution in [1.82, 2.24) is 20.5 Å². The van der Waals surface area contributed by atoms with Crippen LogP contribution in [0.3, 0.4) is 0 Å². The van der Waals surface area contributed by atoms with E-state index in [4.69, 9.17) is 0 Å². The number of hydrogen-bond acceptors (Lipinski definition) is 5. The monoisotopic (exact) mass is 330 g/mol. The second-order valence-corrected chi connectivity index (χ2v) is 6.45. The van der Waals surface area contributed by atoms with Crippen LogP contribution in [-0.2, 0) is 4.79 Å². The molecule has 3 rings (SSSR count). The molecule has 0 spiro atoms. The summed E-state index contributed by atoms with van der Waals surface area (Å²) in [7, 11) is 0. The minimum absolute atomic E-state index is 0.0383. The van der Waals surface area contributed by atoms with Crippen LogP contribution in [0.4, 0.5) is 0 Å². The van der Waals surface area contributed by atoms with Gasteiger partial charge in [0, 0.05) is 4.88 Å². The van der Waals surface area contributed by atoms with Gasteiger partial charge in [0.05, 0.1) is 11.8 Å². The molecule has 22 heavy (non-hydrogen) atoms. The van der Waals surface area contributed by atoms with Gasteiger partial charge in [-0.05, 0) is 17.0 Å². The number of amides is 1. The van der Waals surface area contributed by atoms with Gasteiger partial charge in [0.25, 0.3) is 0 Å². The van der Waals surface area contributed by atoms with Crippen molar-refractivity contribution in [2.24, 2.45) is 0 Å². The number of nitrogens with one attached hydrogen (secondary N) is 2. The van der Waals surface area contributed by atoms with Crippen LogP contribution in [0.1, 0.15) is 16.5 Å². The number of H-pyrrole nitrogens is 1. The van der Waals surface area contributed by atoms with Crippen molar-refractivity contribution in [2.45, 2.75) is 11.2 Å². The molecule has 1 amide bonds. The Kier molecular flexibility index (Phi) is 4.87. The van der Waals surface area contributed by atoms with E-state index >= 15 is 0 Å². The van der Waals surface area contributed by atoms with E-state index in [0.29, 0.717) is 10.9 Å². The van der Waals surface area contributed by atoms with Gasteiger partial charge >= 0.3 is 0 Å². The Balaban J connectivity index is 1.69. The summed E-state index contributed by atoms with van der Waals surface area (Å²) in [5, 5.41) is 12.2. The van der Waals surface area contributed by atoms with E-state index in [2.05, 4.69) is 20.5 Å².